The predicted molar refractivity (Wildman–Crippen MR) is 90.4 cm³/mol. The first-order valence-corrected chi connectivity index (χ1v) is 8.00. The predicted octanol–water partition coefficient (Wildman–Crippen LogP) is 3.74. The Morgan fingerprint density at radius 3 is 2.61 bits per heavy atom. The zero-order chi connectivity index (χ0) is 16.1. The molecule has 0 bridgehead atoms. The van der Waals surface area contributed by atoms with E-state index in [-0.39, 0.29) is 12.1 Å². The highest BCUT2D eigenvalue weighted by atomic mass is 16.5. The third-order valence-electron chi connectivity index (χ3n) is 4.30. The lowest BCUT2D eigenvalue weighted by Crippen LogP contribution is -2.39. The van der Waals surface area contributed by atoms with Gasteiger partial charge in [0.1, 0.15) is 5.75 Å². The minimum Gasteiger partial charge on any atom is -0.497 e. The van der Waals surface area contributed by atoms with E-state index in [0.717, 1.165) is 36.3 Å². The van der Waals surface area contributed by atoms with Gasteiger partial charge in [-0.3, -0.25) is 0 Å². The van der Waals surface area contributed by atoms with E-state index in [0.29, 0.717) is 6.54 Å². The maximum atomic E-state index is 12.5. The van der Waals surface area contributed by atoms with Crippen LogP contribution in [0.2, 0.25) is 0 Å². The monoisotopic (exact) mass is 310 g/mol. The van der Waals surface area contributed by atoms with E-state index in [1.54, 1.807) is 7.11 Å². The molecule has 0 spiro atoms. The highest BCUT2D eigenvalue weighted by molar-refractivity contribution is 5.75. The summed E-state index contributed by atoms with van der Waals surface area (Å²) in [5.41, 5.74) is 2.28. The van der Waals surface area contributed by atoms with Gasteiger partial charge in [0.25, 0.3) is 0 Å². The number of carbonyl (C=O) groups is 1. The normalized spacial score (nSPS) is 17.1. The number of carbonyl (C=O) groups excluding carboxylic acids is 1. The Morgan fingerprint density at radius 2 is 1.91 bits per heavy atom. The second-order valence-corrected chi connectivity index (χ2v) is 5.77. The molecule has 1 N–H and O–H groups in total. The maximum Gasteiger partial charge on any atom is 0.318 e. The summed E-state index contributed by atoms with van der Waals surface area (Å²) < 4.78 is 5.20. The van der Waals surface area contributed by atoms with Gasteiger partial charge in [0.2, 0.25) is 0 Å². The molecule has 1 fully saturated rings. The van der Waals surface area contributed by atoms with E-state index in [1.165, 1.54) is 0 Å². The molecule has 1 saturated heterocycles. The fraction of sp³-hybridized carbons (Fsp3) is 0.316. The van der Waals surface area contributed by atoms with Crippen LogP contribution in [-0.4, -0.2) is 24.6 Å². The third-order valence-corrected chi connectivity index (χ3v) is 4.30. The van der Waals surface area contributed by atoms with Gasteiger partial charge in [-0.25, -0.2) is 4.79 Å². The number of amides is 2. The number of benzene rings is 2. The highest BCUT2D eigenvalue weighted by Crippen LogP contribution is 2.32. The number of hydrogen-bond donors (Lipinski definition) is 1. The first kappa shape index (κ1) is 15.4. The quantitative estimate of drug-likeness (QED) is 0.934. The first-order valence-electron chi connectivity index (χ1n) is 8.00. The molecule has 23 heavy (non-hydrogen) atoms. The fourth-order valence-corrected chi connectivity index (χ4v) is 3.06. The highest BCUT2D eigenvalue weighted by Gasteiger charge is 2.29. The molecule has 1 aliphatic rings. The summed E-state index contributed by atoms with van der Waals surface area (Å²) in [6, 6.07) is 18.1. The molecule has 4 heteroatoms. The lowest BCUT2D eigenvalue weighted by atomic mass is 10.0. The Bertz CT molecular complexity index is 640. The molecule has 0 saturated carbocycles. The van der Waals surface area contributed by atoms with Crippen molar-refractivity contribution in [1.82, 2.24) is 10.2 Å². The molecule has 1 atom stereocenters. The fourth-order valence-electron chi connectivity index (χ4n) is 3.06. The van der Waals surface area contributed by atoms with Gasteiger partial charge in [-0.2, -0.15) is 0 Å². The SMILES string of the molecule is COc1ccc(C2CCCN2C(=O)NCc2ccccc2)cc1. The van der Waals surface area contributed by atoms with Gasteiger partial charge in [0.15, 0.2) is 0 Å². The number of ether oxygens (including phenoxy) is 1. The van der Waals surface area contributed by atoms with Crippen LogP contribution in [0.15, 0.2) is 54.6 Å². The Labute approximate surface area is 137 Å². The molecule has 0 aromatic heterocycles. The maximum absolute atomic E-state index is 12.5. The molecule has 1 heterocycles. The van der Waals surface area contributed by atoms with Crippen LogP contribution in [0, 0.1) is 0 Å². The summed E-state index contributed by atoms with van der Waals surface area (Å²) in [7, 11) is 1.66. The zero-order valence-corrected chi connectivity index (χ0v) is 13.4. The van der Waals surface area contributed by atoms with E-state index >= 15 is 0 Å². The second kappa shape index (κ2) is 7.18. The minimum atomic E-state index is 0.00664. The van der Waals surface area contributed by atoms with Crippen LogP contribution >= 0.6 is 0 Å². The largest absolute Gasteiger partial charge is 0.497 e. The first-order chi connectivity index (χ1) is 11.3. The van der Waals surface area contributed by atoms with E-state index in [1.807, 2.05) is 59.5 Å². The number of urea groups is 1. The van der Waals surface area contributed by atoms with Crippen molar-refractivity contribution in [2.24, 2.45) is 0 Å². The molecule has 1 unspecified atom stereocenters. The standard InChI is InChI=1S/C19H22N2O2/c1-23-17-11-9-16(10-12-17)18-8-5-13-21(18)19(22)20-14-15-6-3-2-4-7-15/h2-4,6-7,9-12,18H,5,8,13-14H2,1H3,(H,20,22). The van der Waals surface area contributed by atoms with E-state index in [4.69, 9.17) is 4.74 Å². The molecule has 2 amide bonds. The van der Waals surface area contributed by atoms with Crippen molar-refractivity contribution in [3.8, 4) is 5.75 Å². The summed E-state index contributed by atoms with van der Waals surface area (Å²) in [4.78, 5) is 14.5. The van der Waals surface area contributed by atoms with E-state index in [9.17, 15) is 4.79 Å². The van der Waals surface area contributed by atoms with Crippen molar-refractivity contribution in [2.75, 3.05) is 13.7 Å². The number of likely N-dealkylation sites (tertiary alicyclic amines) is 1. The van der Waals surface area contributed by atoms with Crippen LogP contribution in [0.3, 0.4) is 0 Å². The summed E-state index contributed by atoms with van der Waals surface area (Å²) in [5, 5.41) is 3.03. The number of methoxy groups -OCH3 is 1. The van der Waals surface area contributed by atoms with Gasteiger partial charge in [-0.1, -0.05) is 42.5 Å². The molecular weight excluding hydrogens is 288 g/mol. The third kappa shape index (κ3) is 3.65. The van der Waals surface area contributed by atoms with Crippen LogP contribution in [0.4, 0.5) is 4.79 Å². The van der Waals surface area contributed by atoms with Crippen molar-refractivity contribution >= 4 is 6.03 Å². The number of rotatable bonds is 4. The van der Waals surface area contributed by atoms with Gasteiger partial charge >= 0.3 is 6.03 Å². The Morgan fingerprint density at radius 1 is 1.17 bits per heavy atom. The number of nitrogens with one attached hydrogen (secondary N) is 1. The number of nitrogens with zero attached hydrogens (tertiary/aromatic N) is 1. The molecule has 2 aromatic carbocycles. The molecule has 1 aliphatic heterocycles. The van der Waals surface area contributed by atoms with Crippen molar-refractivity contribution in [1.29, 1.82) is 0 Å². The number of hydrogen-bond acceptors (Lipinski definition) is 2. The summed E-state index contributed by atoms with van der Waals surface area (Å²) in [6.45, 7) is 1.36. The van der Waals surface area contributed by atoms with Crippen LogP contribution in [-0.2, 0) is 6.54 Å². The lowest BCUT2D eigenvalue weighted by molar-refractivity contribution is 0.192. The Kier molecular flexibility index (Phi) is 4.81. The average molecular weight is 310 g/mol. The van der Waals surface area contributed by atoms with E-state index < -0.39 is 0 Å². The lowest BCUT2D eigenvalue weighted by Gasteiger charge is -2.25. The van der Waals surface area contributed by atoms with Gasteiger partial charge < -0.3 is 15.0 Å². The Hall–Kier alpha value is -2.49. The average Bonchev–Trinajstić information content (AvgIpc) is 3.10. The zero-order valence-electron chi connectivity index (χ0n) is 13.4. The summed E-state index contributed by atoms with van der Waals surface area (Å²) >= 11 is 0. The summed E-state index contributed by atoms with van der Waals surface area (Å²) in [5.74, 6) is 0.840. The van der Waals surface area contributed by atoms with Crippen LogP contribution < -0.4 is 10.1 Å². The molecule has 3 rings (SSSR count). The molecule has 0 radical (unpaired) electrons. The molecule has 0 aliphatic carbocycles. The molecule has 2 aromatic rings. The van der Waals surface area contributed by atoms with Gasteiger partial charge in [0.05, 0.1) is 13.2 Å². The van der Waals surface area contributed by atoms with Crippen molar-refractivity contribution in [3.63, 3.8) is 0 Å². The summed E-state index contributed by atoms with van der Waals surface area (Å²) in [6.07, 6.45) is 2.04. The topological polar surface area (TPSA) is 41.6 Å². The van der Waals surface area contributed by atoms with E-state index in [2.05, 4.69) is 5.32 Å². The van der Waals surface area contributed by atoms with Crippen LogP contribution in [0.1, 0.15) is 30.0 Å². The van der Waals surface area contributed by atoms with Crippen molar-refractivity contribution < 1.29 is 9.53 Å². The van der Waals surface area contributed by atoms with Crippen molar-refractivity contribution in [2.45, 2.75) is 25.4 Å². The molecule has 120 valence electrons. The van der Waals surface area contributed by atoms with Crippen molar-refractivity contribution in [3.05, 3.63) is 65.7 Å². The van der Waals surface area contributed by atoms with Crippen LogP contribution in [0.5, 0.6) is 5.75 Å². The van der Waals surface area contributed by atoms with Gasteiger partial charge in [-0.15, -0.1) is 0 Å². The van der Waals surface area contributed by atoms with Crippen LogP contribution in [0.25, 0.3) is 0 Å². The minimum absolute atomic E-state index is 0.00664. The smallest absolute Gasteiger partial charge is 0.318 e. The molecule has 4 nitrogen and oxygen atoms in total. The second-order valence-electron chi connectivity index (χ2n) is 5.77. The van der Waals surface area contributed by atoms with Gasteiger partial charge in [0, 0.05) is 13.1 Å². The van der Waals surface area contributed by atoms with Gasteiger partial charge in [-0.05, 0) is 36.1 Å². The Balaban J connectivity index is 1.64. The molecular formula is C19H22N2O2.